The van der Waals surface area contributed by atoms with Gasteiger partial charge in [-0.25, -0.2) is 0 Å². The summed E-state index contributed by atoms with van der Waals surface area (Å²) in [5, 5.41) is 3.46. The molecule has 1 atom stereocenters. The van der Waals surface area contributed by atoms with Gasteiger partial charge in [-0.3, -0.25) is 4.79 Å². The number of nitrogens with one attached hydrogen (secondary N) is 1. The number of carbonyl (C=O) groups excluding carboxylic acids is 1. The molecule has 1 aliphatic rings. The summed E-state index contributed by atoms with van der Waals surface area (Å²) in [6, 6.07) is 8.19. The molecule has 2 rings (SSSR count). The van der Waals surface area contributed by atoms with Crippen molar-refractivity contribution < 1.29 is 9.53 Å². The molecule has 0 radical (unpaired) electrons. The van der Waals surface area contributed by atoms with Crippen LogP contribution in [0.4, 0.5) is 0 Å². The van der Waals surface area contributed by atoms with Gasteiger partial charge in [0.2, 0.25) is 5.91 Å². The van der Waals surface area contributed by atoms with Gasteiger partial charge in [0, 0.05) is 6.04 Å². The maximum Gasteiger partial charge on any atom is 0.237 e. The van der Waals surface area contributed by atoms with Crippen molar-refractivity contribution in [1.82, 2.24) is 5.32 Å². The lowest BCUT2D eigenvalue weighted by molar-refractivity contribution is -0.124. The van der Waals surface area contributed by atoms with Crippen molar-refractivity contribution in [2.45, 2.75) is 50.6 Å². The molecule has 1 aromatic carbocycles. The third-order valence-corrected chi connectivity index (χ3v) is 4.14. The molecule has 3 N–H and O–H groups in total. The summed E-state index contributed by atoms with van der Waals surface area (Å²) in [6.45, 7) is 1.90. The molecule has 0 heterocycles. The molecule has 1 aromatic rings. The molecule has 0 saturated heterocycles. The number of primary amides is 1. The summed E-state index contributed by atoms with van der Waals surface area (Å²) in [4.78, 5) is 11.9. The Morgan fingerprint density at radius 1 is 1.35 bits per heavy atom. The van der Waals surface area contributed by atoms with Crippen LogP contribution in [0.3, 0.4) is 0 Å². The van der Waals surface area contributed by atoms with Crippen LogP contribution in [0.15, 0.2) is 24.3 Å². The van der Waals surface area contributed by atoms with E-state index in [1.54, 1.807) is 7.11 Å². The van der Waals surface area contributed by atoms with E-state index < -0.39 is 5.54 Å². The minimum Gasteiger partial charge on any atom is -0.497 e. The second kappa shape index (κ2) is 6.27. The molecule has 110 valence electrons. The quantitative estimate of drug-likeness (QED) is 0.835. The Morgan fingerprint density at radius 2 is 1.95 bits per heavy atom. The van der Waals surface area contributed by atoms with Gasteiger partial charge in [-0.2, -0.15) is 0 Å². The van der Waals surface area contributed by atoms with Crippen LogP contribution in [0, 0.1) is 0 Å². The molecule has 1 fully saturated rings. The van der Waals surface area contributed by atoms with Gasteiger partial charge in [0.1, 0.15) is 5.75 Å². The fourth-order valence-electron chi connectivity index (χ4n) is 2.88. The predicted molar refractivity (Wildman–Crippen MR) is 79.7 cm³/mol. The average Bonchev–Trinajstić information content (AvgIpc) is 2.92. The van der Waals surface area contributed by atoms with Crippen molar-refractivity contribution in [2.24, 2.45) is 5.73 Å². The molecule has 0 bridgehead atoms. The van der Waals surface area contributed by atoms with E-state index in [9.17, 15) is 4.79 Å². The lowest BCUT2D eigenvalue weighted by Crippen LogP contribution is -2.57. The molecule has 1 unspecified atom stereocenters. The number of rotatable bonds is 6. The highest BCUT2D eigenvalue weighted by atomic mass is 16.5. The van der Waals surface area contributed by atoms with Crippen LogP contribution in [0.25, 0.3) is 0 Å². The van der Waals surface area contributed by atoms with Crippen LogP contribution >= 0.6 is 0 Å². The highest BCUT2D eigenvalue weighted by Crippen LogP contribution is 2.23. The van der Waals surface area contributed by atoms with Crippen LogP contribution in [-0.4, -0.2) is 24.6 Å². The fourth-order valence-corrected chi connectivity index (χ4v) is 2.88. The van der Waals surface area contributed by atoms with E-state index in [1.165, 1.54) is 12.8 Å². The molecule has 4 nitrogen and oxygen atoms in total. The van der Waals surface area contributed by atoms with E-state index in [4.69, 9.17) is 10.5 Å². The van der Waals surface area contributed by atoms with E-state index >= 15 is 0 Å². The van der Waals surface area contributed by atoms with Crippen LogP contribution in [0.1, 0.15) is 38.2 Å². The zero-order valence-corrected chi connectivity index (χ0v) is 12.3. The van der Waals surface area contributed by atoms with Crippen molar-refractivity contribution in [1.29, 1.82) is 0 Å². The topological polar surface area (TPSA) is 64.3 Å². The zero-order valence-electron chi connectivity index (χ0n) is 12.3. The van der Waals surface area contributed by atoms with Gasteiger partial charge in [0.15, 0.2) is 0 Å². The Hall–Kier alpha value is -1.55. The predicted octanol–water partition coefficient (Wildman–Crippen LogP) is 2.01. The first-order valence-corrected chi connectivity index (χ1v) is 7.24. The van der Waals surface area contributed by atoms with Crippen LogP contribution in [0.2, 0.25) is 0 Å². The first-order chi connectivity index (χ1) is 9.53. The van der Waals surface area contributed by atoms with Crippen molar-refractivity contribution >= 4 is 5.91 Å². The largest absolute Gasteiger partial charge is 0.497 e. The molecule has 1 amide bonds. The van der Waals surface area contributed by atoms with Gasteiger partial charge >= 0.3 is 0 Å². The number of carbonyl (C=O) groups is 1. The fraction of sp³-hybridized carbons (Fsp3) is 0.562. The second-order valence-electron chi connectivity index (χ2n) is 5.85. The zero-order chi connectivity index (χ0) is 14.6. The summed E-state index contributed by atoms with van der Waals surface area (Å²) in [5.41, 5.74) is 6.02. The van der Waals surface area contributed by atoms with Crippen molar-refractivity contribution in [2.75, 3.05) is 7.11 Å². The lowest BCUT2D eigenvalue weighted by atomic mass is 9.90. The second-order valence-corrected chi connectivity index (χ2v) is 5.85. The Morgan fingerprint density at radius 3 is 2.45 bits per heavy atom. The molecule has 4 heteroatoms. The van der Waals surface area contributed by atoms with Crippen LogP contribution in [-0.2, 0) is 11.2 Å². The normalized spacial score (nSPS) is 18.7. The standard InChI is InChI=1S/C16H24N2O2/c1-16(15(17)19,18-13-5-3-4-6-13)11-12-7-9-14(20-2)10-8-12/h7-10,13,18H,3-6,11H2,1-2H3,(H2,17,19). The van der Waals surface area contributed by atoms with Crippen LogP contribution in [0.5, 0.6) is 5.75 Å². The van der Waals surface area contributed by atoms with E-state index in [0.29, 0.717) is 12.5 Å². The molecule has 1 aliphatic carbocycles. The maximum atomic E-state index is 11.9. The molecule has 0 aliphatic heterocycles. The van der Waals surface area contributed by atoms with E-state index in [0.717, 1.165) is 24.2 Å². The molecule has 1 saturated carbocycles. The molecule has 0 aromatic heterocycles. The van der Waals surface area contributed by atoms with Crippen LogP contribution < -0.4 is 15.8 Å². The van der Waals surface area contributed by atoms with Gasteiger partial charge in [0.05, 0.1) is 12.6 Å². The summed E-state index contributed by atoms with van der Waals surface area (Å²) < 4.78 is 5.15. The Bertz CT molecular complexity index is 452. The van der Waals surface area contributed by atoms with Gasteiger partial charge in [-0.1, -0.05) is 25.0 Å². The third-order valence-electron chi connectivity index (χ3n) is 4.14. The monoisotopic (exact) mass is 276 g/mol. The average molecular weight is 276 g/mol. The van der Waals surface area contributed by atoms with E-state index in [2.05, 4.69) is 5.32 Å². The Balaban J connectivity index is 2.08. The molecule has 20 heavy (non-hydrogen) atoms. The highest BCUT2D eigenvalue weighted by Gasteiger charge is 2.34. The SMILES string of the molecule is COc1ccc(CC(C)(NC2CCCC2)C(N)=O)cc1. The number of methoxy groups -OCH3 is 1. The number of hydrogen-bond acceptors (Lipinski definition) is 3. The van der Waals surface area contributed by atoms with Crippen molar-refractivity contribution in [3.8, 4) is 5.75 Å². The number of ether oxygens (including phenoxy) is 1. The number of amides is 1. The summed E-state index contributed by atoms with van der Waals surface area (Å²) in [6.07, 6.45) is 5.32. The van der Waals surface area contributed by atoms with E-state index in [-0.39, 0.29) is 5.91 Å². The van der Waals surface area contributed by atoms with Crippen molar-refractivity contribution in [3.05, 3.63) is 29.8 Å². The van der Waals surface area contributed by atoms with Gasteiger partial charge in [-0.05, 0) is 43.9 Å². The van der Waals surface area contributed by atoms with Gasteiger partial charge < -0.3 is 15.8 Å². The van der Waals surface area contributed by atoms with E-state index in [1.807, 2.05) is 31.2 Å². The minimum atomic E-state index is -0.691. The number of benzene rings is 1. The number of nitrogens with two attached hydrogens (primary N) is 1. The highest BCUT2D eigenvalue weighted by molar-refractivity contribution is 5.84. The Kier molecular flexibility index (Phi) is 4.65. The molecule has 0 spiro atoms. The van der Waals surface area contributed by atoms with Crippen molar-refractivity contribution in [3.63, 3.8) is 0 Å². The molecular weight excluding hydrogens is 252 g/mol. The minimum absolute atomic E-state index is 0.291. The summed E-state index contributed by atoms with van der Waals surface area (Å²) in [7, 11) is 1.64. The van der Waals surface area contributed by atoms with Gasteiger partial charge in [-0.15, -0.1) is 0 Å². The summed E-state index contributed by atoms with van der Waals surface area (Å²) in [5.74, 6) is 0.526. The maximum absolute atomic E-state index is 11.9. The third kappa shape index (κ3) is 3.51. The smallest absolute Gasteiger partial charge is 0.237 e. The summed E-state index contributed by atoms with van der Waals surface area (Å²) >= 11 is 0. The first kappa shape index (κ1) is 14.9. The lowest BCUT2D eigenvalue weighted by Gasteiger charge is -2.31. The van der Waals surface area contributed by atoms with Gasteiger partial charge in [0.25, 0.3) is 0 Å². The Labute approximate surface area is 120 Å². The molecular formula is C16H24N2O2. The number of hydrogen-bond donors (Lipinski definition) is 2. The first-order valence-electron chi connectivity index (χ1n) is 7.24.